The van der Waals surface area contributed by atoms with Crippen molar-refractivity contribution in [3.63, 3.8) is 0 Å². The summed E-state index contributed by atoms with van der Waals surface area (Å²) in [5, 5.41) is 7.06. The van der Waals surface area contributed by atoms with E-state index >= 15 is 0 Å². The van der Waals surface area contributed by atoms with E-state index in [9.17, 15) is 0 Å². The lowest BCUT2D eigenvalue weighted by Crippen LogP contribution is -1.89. The van der Waals surface area contributed by atoms with Gasteiger partial charge in [-0.1, -0.05) is 46.6 Å². The standard InChI is InChI=1S/C14H10Cl2N2OS/c1-7-6-20-13(11(7)16)12-10(14(17)18-19-12)8-4-2-3-5-9(8)15/h2-6H,1H3,(H2,17,18). The number of hydrogen-bond donors (Lipinski definition) is 1. The Balaban J connectivity index is 2.26. The SMILES string of the molecule is Cc1csc(-c2onc(N)c2-c2ccccc2Cl)c1Cl. The number of nitrogens with two attached hydrogens (primary N) is 1. The van der Waals surface area contributed by atoms with Crippen LogP contribution in [0.3, 0.4) is 0 Å². The minimum atomic E-state index is 0.301. The highest BCUT2D eigenvalue weighted by molar-refractivity contribution is 7.14. The van der Waals surface area contributed by atoms with Crippen molar-refractivity contribution in [3.8, 4) is 21.8 Å². The van der Waals surface area contributed by atoms with Crippen molar-refractivity contribution >= 4 is 40.4 Å². The van der Waals surface area contributed by atoms with Gasteiger partial charge < -0.3 is 10.3 Å². The Hall–Kier alpha value is -1.49. The fourth-order valence-electron chi connectivity index (χ4n) is 1.96. The zero-order chi connectivity index (χ0) is 14.3. The van der Waals surface area contributed by atoms with Crippen molar-refractivity contribution in [2.24, 2.45) is 0 Å². The lowest BCUT2D eigenvalue weighted by Gasteiger charge is -2.04. The van der Waals surface area contributed by atoms with Gasteiger partial charge in [-0.3, -0.25) is 0 Å². The molecule has 0 amide bonds. The second kappa shape index (κ2) is 5.13. The van der Waals surface area contributed by atoms with Gasteiger partial charge in [0.2, 0.25) is 0 Å². The van der Waals surface area contributed by atoms with Crippen LogP contribution in [0.25, 0.3) is 21.8 Å². The van der Waals surface area contributed by atoms with Crippen molar-refractivity contribution in [1.82, 2.24) is 5.16 Å². The molecule has 0 aliphatic heterocycles. The Labute approximate surface area is 129 Å². The molecule has 0 saturated heterocycles. The molecule has 2 aromatic heterocycles. The first-order chi connectivity index (χ1) is 9.59. The van der Waals surface area contributed by atoms with Gasteiger partial charge in [-0.2, -0.15) is 0 Å². The smallest absolute Gasteiger partial charge is 0.188 e. The second-order valence-electron chi connectivity index (χ2n) is 4.31. The number of nitrogen functional groups attached to an aromatic ring is 1. The number of benzene rings is 1. The van der Waals surface area contributed by atoms with Crippen LogP contribution < -0.4 is 5.73 Å². The van der Waals surface area contributed by atoms with Crippen LogP contribution in [-0.2, 0) is 0 Å². The maximum absolute atomic E-state index is 6.30. The zero-order valence-corrected chi connectivity index (χ0v) is 12.8. The maximum Gasteiger partial charge on any atom is 0.188 e. The van der Waals surface area contributed by atoms with Crippen LogP contribution in [0.5, 0.6) is 0 Å². The summed E-state index contributed by atoms with van der Waals surface area (Å²) in [5.41, 5.74) is 8.39. The van der Waals surface area contributed by atoms with Crippen LogP contribution >= 0.6 is 34.5 Å². The van der Waals surface area contributed by atoms with Gasteiger partial charge >= 0.3 is 0 Å². The Bertz CT molecular complexity index is 779. The van der Waals surface area contributed by atoms with Gasteiger partial charge in [0.25, 0.3) is 0 Å². The normalized spacial score (nSPS) is 10.9. The summed E-state index contributed by atoms with van der Waals surface area (Å²) < 4.78 is 5.38. The average Bonchev–Trinajstić information content (AvgIpc) is 2.95. The van der Waals surface area contributed by atoms with Gasteiger partial charge in [-0.05, 0) is 23.9 Å². The van der Waals surface area contributed by atoms with Crippen LogP contribution in [0, 0.1) is 6.92 Å². The van der Waals surface area contributed by atoms with Gasteiger partial charge in [-0.15, -0.1) is 11.3 Å². The third-order valence-corrected chi connectivity index (χ3v) is 4.99. The van der Waals surface area contributed by atoms with E-state index in [0.717, 1.165) is 16.0 Å². The molecule has 0 aliphatic rings. The molecule has 3 rings (SSSR count). The van der Waals surface area contributed by atoms with Crippen LogP contribution in [0.2, 0.25) is 10.0 Å². The highest BCUT2D eigenvalue weighted by Gasteiger charge is 2.23. The van der Waals surface area contributed by atoms with Gasteiger partial charge in [0.15, 0.2) is 11.6 Å². The van der Waals surface area contributed by atoms with E-state index in [1.807, 2.05) is 30.5 Å². The Kier molecular flexibility index (Phi) is 3.46. The Morgan fingerprint density at radius 3 is 2.65 bits per heavy atom. The summed E-state index contributed by atoms with van der Waals surface area (Å²) in [6.07, 6.45) is 0. The summed E-state index contributed by atoms with van der Waals surface area (Å²) in [7, 11) is 0. The van der Waals surface area contributed by atoms with Crippen molar-refractivity contribution in [2.45, 2.75) is 6.92 Å². The first-order valence-electron chi connectivity index (χ1n) is 5.83. The van der Waals surface area contributed by atoms with Gasteiger partial charge in [0, 0.05) is 10.6 Å². The summed E-state index contributed by atoms with van der Waals surface area (Å²) >= 11 is 14.0. The van der Waals surface area contributed by atoms with Gasteiger partial charge in [0.05, 0.1) is 15.5 Å². The molecular formula is C14H10Cl2N2OS. The molecular weight excluding hydrogens is 315 g/mol. The summed E-state index contributed by atoms with van der Waals surface area (Å²) in [6.45, 7) is 1.94. The molecule has 6 heteroatoms. The van der Waals surface area contributed by atoms with Crippen molar-refractivity contribution in [1.29, 1.82) is 0 Å². The summed E-state index contributed by atoms with van der Waals surface area (Å²) in [6, 6.07) is 7.42. The minimum Gasteiger partial charge on any atom is -0.380 e. The Morgan fingerprint density at radius 1 is 1.25 bits per heavy atom. The van der Waals surface area contributed by atoms with E-state index in [-0.39, 0.29) is 0 Å². The first kappa shape index (κ1) is 13.5. The summed E-state index contributed by atoms with van der Waals surface area (Å²) in [4.78, 5) is 0.809. The molecule has 3 nitrogen and oxygen atoms in total. The van der Waals surface area contributed by atoms with E-state index < -0.39 is 0 Å². The van der Waals surface area contributed by atoms with E-state index in [1.165, 1.54) is 11.3 Å². The highest BCUT2D eigenvalue weighted by Crippen LogP contribution is 2.45. The largest absolute Gasteiger partial charge is 0.380 e. The van der Waals surface area contributed by atoms with Crippen molar-refractivity contribution in [3.05, 3.63) is 45.3 Å². The molecule has 1 aromatic carbocycles. The number of rotatable bonds is 2. The van der Waals surface area contributed by atoms with Gasteiger partial charge in [0.1, 0.15) is 0 Å². The van der Waals surface area contributed by atoms with Crippen molar-refractivity contribution < 1.29 is 4.52 Å². The average molecular weight is 325 g/mol. The molecule has 0 fully saturated rings. The molecule has 20 heavy (non-hydrogen) atoms. The van der Waals surface area contributed by atoms with Crippen LogP contribution in [0.15, 0.2) is 34.2 Å². The fraction of sp³-hybridized carbons (Fsp3) is 0.0714. The Morgan fingerprint density at radius 2 is 2.00 bits per heavy atom. The lowest BCUT2D eigenvalue weighted by molar-refractivity contribution is 0.437. The second-order valence-corrected chi connectivity index (χ2v) is 5.98. The number of hydrogen-bond acceptors (Lipinski definition) is 4. The van der Waals surface area contributed by atoms with Crippen LogP contribution in [0.4, 0.5) is 5.82 Å². The molecule has 102 valence electrons. The van der Waals surface area contributed by atoms with E-state index in [4.69, 9.17) is 33.5 Å². The lowest BCUT2D eigenvalue weighted by atomic mass is 10.0. The molecule has 0 radical (unpaired) electrons. The molecule has 0 atom stereocenters. The quantitative estimate of drug-likeness (QED) is 0.698. The number of aryl methyl sites for hydroxylation is 1. The monoisotopic (exact) mass is 324 g/mol. The maximum atomic E-state index is 6.30. The molecule has 2 heterocycles. The fourth-order valence-corrected chi connectivity index (χ4v) is 3.46. The summed E-state index contributed by atoms with van der Waals surface area (Å²) in [5.74, 6) is 0.855. The number of nitrogens with zero attached hydrogens (tertiary/aromatic N) is 1. The van der Waals surface area contributed by atoms with E-state index in [0.29, 0.717) is 27.2 Å². The van der Waals surface area contributed by atoms with Crippen LogP contribution in [-0.4, -0.2) is 5.16 Å². The molecule has 0 saturated carbocycles. The number of anilines is 1. The molecule has 0 unspecified atom stereocenters. The molecule has 2 N–H and O–H groups in total. The van der Waals surface area contributed by atoms with E-state index in [1.54, 1.807) is 6.07 Å². The topological polar surface area (TPSA) is 52.0 Å². The number of halogens is 2. The predicted octanol–water partition coefficient (Wildman–Crippen LogP) is 5.27. The predicted molar refractivity (Wildman–Crippen MR) is 84.4 cm³/mol. The van der Waals surface area contributed by atoms with Crippen LogP contribution in [0.1, 0.15) is 5.56 Å². The third-order valence-electron chi connectivity index (χ3n) is 2.97. The highest BCUT2D eigenvalue weighted by atomic mass is 35.5. The molecule has 0 bridgehead atoms. The van der Waals surface area contributed by atoms with Gasteiger partial charge in [-0.25, -0.2) is 0 Å². The molecule has 0 spiro atoms. The minimum absolute atomic E-state index is 0.301. The molecule has 3 aromatic rings. The molecule has 0 aliphatic carbocycles. The third kappa shape index (κ3) is 2.10. The zero-order valence-electron chi connectivity index (χ0n) is 10.5. The van der Waals surface area contributed by atoms with Crippen molar-refractivity contribution in [2.75, 3.05) is 5.73 Å². The number of aromatic nitrogens is 1. The first-order valence-corrected chi connectivity index (χ1v) is 7.47. The number of thiophene rings is 1. The van der Waals surface area contributed by atoms with E-state index in [2.05, 4.69) is 5.16 Å².